The summed E-state index contributed by atoms with van der Waals surface area (Å²) in [6, 6.07) is 20.3. The molecule has 1 amide bonds. The Labute approximate surface area is 148 Å². The number of carbonyl (C=O) groups excluding carboxylic acids is 1. The maximum atomic E-state index is 12.7. The number of hydrogen-bond donors (Lipinski definition) is 0. The first-order chi connectivity index (χ1) is 12.1. The zero-order valence-electron chi connectivity index (χ0n) is 15.0. The van der Waals surface area contributed by atoms with Gasteiger partial charge >= 0.3 is 0 Å². The fraction of sp³-hybridized carbons (Fsp3) is 0.227. The van der Waals surface area contributed by atoms with E-state index in [2.05, 4.69) is 36.4 Å². The van der Waals surface area contributed by atoms with Gasteiger partial charge in [-0.2, -0.15) is 0 Å². The molecule has 0 spiro atoms. The number of amides is 1. The number of benzene rings is 3. The van der Waals surface area contributed by atoms with Gasteiger partial charge in [0, 0.05) is 19.2 Å². The van der Waals surface area contributed by atoms with Crippen LogP contribution in [0.3, 0.4) is 0 Å². The molecule has 0 aliphatic carbocycles. The first kappa shape index (κ1) is 17.0. The molecule has 0 saturated carbocycles. The summed E-state index contributed by atoms with van der Waals surface area (Å²) < 4.78 is 5.32. The van der Waals surface area contributed by atoms with Crippen molar-refractivity contribution in [2.75, 3.05) is 20.7 Å². The second kappa shape index (κ2) is 7.39. The Morgan fingerprint density at radius 3 is 2.60 bits per heavy atom. The lowest BCUT2D eigenvalue weighted by Gasteiger charge is -2.18. The predicted octanol–water partition coefficient (Wildman–Crippen LogP) is 4.47. The Morgan fingerprint density at radius 1 is 1.04 bits per heavy atom. The van der Waals surface area contributed by atoms with Gasteiger partial charge in [0.05, 0.1) is 7.11 Å². The molecule has 0 heterocycles. The fourth-order valence-corrected chi connectivity index (χ4v) is 3.07. The minimum atomic E-state index is 0.0125. The highest BCUT2D eigenvalue weighted by atomic mass is 16.5. The Bertz CT molecular complexity index is 896. The van der Waals surface area contributed by atoms with Crippen LogP contribution in [-0.4, -0.2) is 31.5 Å². The Hall–Kier alpha value is -2.81. The van der Waals surface area contributed by atoms with E-state index in [1.165, 1.54) is 16.3 Å². The molecule has 3 nitrogen and oxygen atoms in total. The Balaban J connectivity index is 1.73. The lowest BCUT2D eigenvalue weighted by atomic mass is 10.0. The van der Waals surface area contributed by atoms with Crippen LogP contribution in [0.1, 0.15) is 21.5 Å². The average molecular weight is 333 g/mol. The number of carbonyl (C=O) groups is 1. The molecule has 25 heavy (non-hydrogen) atoms. The summed E-state index contributed by atoms with van der Waals surface area (Å²) in [5, 5.41) is 2.49. The first-order valence-corrected chi connectivity index (χ1v) is 8.47. The lowest BCUT2D eigenvalue weighted by Crippen LogP contribution is -2.28. The van der Waals surface area contributed by atoms with Gasteiger partial charge < -0.3 is 9.64 Å². The van der Waals surface area contributed by atoms with Crippen molar-refractivity contribution in [1.82, 2.24) is 4.90 Å². The van der Waals surface area contributed by atoms with Crippen LogP contribution in [0, 0.1) is 6.92 Å². The predicted molar refractivity (Wildman–Crippen MR) is 102 cm³/mol. The molecule has 0 radical (unpaired) electrons. The Morgan fingerprint density at radius 2 is 1.80 bits per heavy atom. The van der Waals surface area contributed by atoms with Crippen molar-refractivity contribution < 1.29 is 9.53 Å². The summed E-state index contributed by atoms with van der Waals surface area (Å²) in [4.78, 5) is 14.4. The Kier molecular flexibility index (Phi) is 5.03. The van der Waals surface area contributed by atoms with Gasteiger partial charge in [-0.3, -0.25) is 4.79 Å². The smallest absolute Gasteiger partial charge is 0.253 e. The molecule has 0 fully saturated rings. The number of rotatable bonds is 5. The van der Waals surface area contributed by atoms with E-state index < -0.39 is 0 Å². The lowest BCUT2D eigenvalue weighted by molar-refractivity contribution is 0.0796. The first-order valence-electron chi connectivity index (χ1n) is 8.47. The second-order valence-corrected chi connectivity index (χ2v) is 6.30. The fourth-order valence-electron chi connectivity index (χ4n) is 3.07. The summed E-state index contributed by atoms with van der Waals surface area (Å²) in [5.41, 5.74) is 2.94. The largest absolute Gasteiger partial charge is 0.496 e. The standard InChI is InChI=1S/C22H23NO2/c1-16-11-12-19(15-21(16)25-3)22(24)23(2)14-13-18-9-6-8-17-7-4-5-10-20(17)18/h4-12,15H,13-14H2,1-3H3. The van der Waals surface area contributed by atoms with E-state index in [4.69, 9.17) is 4.74 Å². The van der Waals surface area contributed by atoms with E-state index in [0.29, 0.717) is 12.1 Å². The maximum Gasteiger partial charge on any atom is 0.253 e. The summed E-state index contributed by atoms with van der Waals surface area (Å²) in [5.74, 6) is 0.756. The van der Waals surface area contributed by atoms with Gasteiger partial charge in [-0.1, -0.05) is 48.5 Å². The molecule has 0 saturated heterocycles. The van der Waals surface area contributed by atoms with Crippen LogP contribution in [0.25, 0.3) is 10.8 Å². The van der Waals surface area contributed by atoms with Crippen molar-refractivity contribution in [3.8, 4) is 5.75 Å². The van der Waals surface area contributed by atoms with E-state index in [1.54, 1.807) is 12.0 Å². The molecule has 0 aromatic heterocycles. The summed E-state index contributed by atoms with van der Waals surface area (Å²) in [6.07, 6.45) is 0.826. The van der Waals surface area contributed by atoms with Crippen molar-refractivity contribution in [2.45, 2.75) is 13.3 Å². The summed E-state index contributed by atoms with van der Waals surface area (Å²) >= 11 is 0. The number of likely N-dealkylation sites (N-methyl/N-ethyl adjacent to an activating group) is 1. The van der Waals surface area contributed by atoms with Gasteiger partial charge in [-0.25, -0.2) is 0 Å². The van der Waals surface area contributed by atoms with Crippen LogP contribution in [0.4, 0.5) is 0 Å². The van der Waals surface area contributed by atoms with Crippen molar-refractivity contribution in [1.29, 1.82) is 0 Å². The van der Waals surface area contributed by atoms with Crippen molar-refractivity contribution in [3.63, 3.8) is 0 Å². The van der Waals surface area contributed by atoms with Gasteiger partial charge in [0.25, 0.3) is 5.91 Å². The molecule has 3 aromatic carbocycles. The number of fused-ring (bicyclic) bond motifs is 1. The highest BCUT2D eigenvalue weighted by Gasteiger charge is 2.14. The van der Waals surface area contributed by atoms with Gasteiger partial charge in [-0.05, 0) is 47.4 Å². The van der Waals surface area contributed by atoms with E-state index in [9.17, 15) is 4.79 Å². The third kappa shape index (κ3) is 3.66. The molecule has 3 rings (SSSR count). The molecule has 0 bridgehead atoms. The third-order valence-electron chi connectivity index (χ3n) is 4.60. The quantitative estimate of drug-likeness (QED) is 0.689. The molecule has 128 valence electrons. The molecule has 3 heteroatoms. The highest BCUT2D eigenvalue weighted by molar-refractivity contribution is 5.94. The summed E-state index contributed by atoms with van der Waals surface area (Å²) in [6.45, 7) is 2.64. The highest BCUT2D eigenvalue weighted by Crippen LogP contribution is 2.21. The SMILES string of the molecule is COc1cc(C(=O)N(C)CCc2cccc3ccccc23)ccc1C. The van der Waals surface area contributed by atoms with Crippen molar-refractivity contribution in [2.24, 2.45) is 0 Å². The van der Waals surface area contributed by atoms with Crippen LogP contribution >= 0.6 is 0 Å². The van der Waals surface area contributed by atoms with Gasteiger partial charge in [0.15, 0.2) is 0 Å². The zero-order chi connectivity index (χ0) is 17.8. The van der Waals surface area contributed by atoms with E-state index in [-0.39, 0.29) is 5.91 Å². The molecule has 0 aliphatic rings. The molecule has 0 unspecified atom stereocenters. The molecule has 0 aliphatic heterocycles. The van der Waals surface area contributed by atoms with Crippen molar-refractivity contribution in [3.05, 3.63) is 77.4 Å². The van der Waals surface area contributed by atoms with Gasteiger partial charge in [-0.15, -0.1) is 0 Å². The number of aryl methyl sites for hydroxylation is 1. The zero-order valence-corrected chi connectivity index (χ0v) is 15.0. The maximum absolute atomic E-state index is 12.7. The molecule has 3 aromatic rings. The third-order valence-corrected chi connectivity index (χ3v) is 4.60. The van der Waals surface area contributed by atoms with E-state index in [1.807, 2.05) is 38.2 Å². The normalized spacial score (nSPS) is 10.7. The summed E-state index contributed by atoms with van der Waals surface area (Å²) in [7, 11) is 3.47. The van der Waals surface area contributed by atoms with Gasteiger partial charge in [0.1, 0.15) is 5.75 Å². The van der Waals surface area contributed by atoms with Crippen molar-refractivity contribution >= 4 is 16.7 Å². The molecular weight excluding hydrogens is 310 g/mol. The number of hydrogen-bond acceptors (Lipinski definition) is 2. The number of methoxy groups -OCH3 is 1. The number of ether oxygens (including phenoxy) is 1. The van der Waals surface area contributed by atoms with Crippen LogP contribution in [-0.2, 0) is 6.42 Å². The topological polar surface area (TPSA) is 29.5 Å². The molecule has 0 N–H and O–H groups in total. The molecular formula is C22H23NO2. The van der Waals surface area contributed by atoms with Crippen LogP contribution in [0.2, 0.25) is 0 Å². The minimum absolute atomic E-state index is 0.0125. The minimum Gasteiger partial charge on any atom is -0.496 e. The monoisotopic (exact) mass is 333 g/mol. The van der Waals surface area contributed by atoms with Gasteiger partial charge in [0.2, 0.25) is 0 Å². The number of nitrogens with zero attached hydrogens (tertiary/aromatic N) is 1. The van der Waals surface area contributed by atoms with Crippen LogP contribution in [0.5, 0.6) is 5.75 Å². The van der Waals surface area contributed by atoms with Crippen LogP contribution < -0.4 is 4.74 Å². The van der Waals surface area contributed by atoms with E-state index >= 15 is 0 Å². The van der Waals surface area contributed by atoms with E-state index in [0.717, 1.165) is 17.7 Å². The van der Waals surface area contributed by atoms with Crippen LogP contribution in [0.15, 0.2) is 60.7 Å². The molecule has 0 atom stereocenters. The average Bonchev–Trinajstić information content (AvgIpc) is 2.65. The second-order valence-electron chi connectivity index (χ2n) is 6.30.